The topological polar surface area (TPSA) is 237 Å². The van der Waals surface area contributed by atoms with Crippen molar-refractivity contribution in [2.45, 2.75) is 316 Å². The lowest BCUT2D eigenvalue weighted by Crippen LogP contribution is -2.30. The highest BCUT2D eigenvalue weighted by Crippen LogP contribution is 2.45. The second kappa shape index (κ2) is 82.6. The van der Waals surface area contributed by atoms with Gasteiger partial charge in [0.15, 0.2) is 12.2 Å². The van der Waals surface area contributed by atoms with Crippen molar-refractivity contribution in [3.8, 4) is 0 Å². The van der Waals surface area contributed by atoms with E-state index in [1.807, 2.05) is 36.5 Å². The van der Waals surface area contributed by atoms with Gasteiger partial charge in [0.2, 0.25) is 0 Å². The summed E-state index contributed by atoms with van der Waals surface area (Å²) in [5.74, 6) is -2.43. The predicted octanol–water partition coefficient (Wildman–Crippen LogP) is 25.4. The van der Waals surface area contributed by atoms with Crippen LogP contribution in [0.1, 0.15) is 297 Å². The molecule has 0 rings (SSSR count). The lowest BCUT2D eigenvalue weighted by molar-refractivity contribution is -0.161. The lowest BCUT2D eigenvalue weighted by Gasteiger charge is -2.21. The van der Waals surface area contributed by atoms with Crippen LogP contribution in [0.3, 0.4) is 0 Å². The molecular weight excluding hydrogens is 1450 g/mol. The lowest BCUT2D eigenvalue weighted by atomic mass is 10.1. The molecule has 0 aromatic carbocycles. The van der Waals surface area contributed by atoms with E-state index in [-0.39, 0.29) is 25.7 Å². The van der Waals surface area contributed by atoms with Gasteiger partial charge in [-0.1, -0.05) is 305 Å². The highest BCUT2D eigenvalue weighted by atomic mass is 31.2. The predicted molar refractivity (Wildman–Crippen MR) is 463 cm³/mol. The van der Waals surface area contributed by atoms with E-state index in [4.69, 9.17) is 37.0 Å². The van der Waals surface area contributed by atoms with E-state index in [1.54, 1.807) is 0 Å². The van der Waals surface area contributed by atoms with Crippen LogP contribution in [-0.2, 0) is 65.4 Å². The fourth-order valence-corrected chi connectivity index (χ4v) is 11.9. The van der Waals surface area contributed by atoms with Crippen LogP contribution in [0.5, 0.6) is 0 Å². The number of phosphoric ester groups is 2. The number of rotatable bonds is 77. The molecule has 0 saturated heterocycles. The van der Waals surface area contributed by atoms with E-state index >= 15 is 0 Å². The van der Waals surface area contributed by atoms with Gasteiger partial charge in [-0.25, -0.2) is 9.13 Å². The number of ether oxygens (including phenoxy) is 4. The highest BCUT2D eigenvalue weighted by Gasteiger charge is 2.30. The quantitative estimate of drug-likeness (QED) is 0.0169. The summed E-state index contributed by atoms with van der Waals surface area (Å²) < 4.78 is 68.6. The van der Waals surface area contributed by atoms with Gasteiger partial charge in [-0.2, -0.15) is 0 Å². The van der Waals surface area contributed by atoms with Crippen LogP contribution in [0.4, 0.5) is 0 Å². The molecule has 5 atom stereocenters. The monoisotopic (exact) mass is 1600 g/mol. The summed E-state index contributed by atoms with van der Waals surface area (Å²) in [7, 11) is -10.0. The third-order valence-electron chi connectivity index (χ3n) is 16.7. The second-order valence-electron chi connectivity index (χ2n) is 27.3. The Morgan fingerprint density at radius 1 is 0.259 bits per heavy atom. The molecule has 0 aliphatic heterocycles. The molecule has 632 valence electrons. The van der Waals surface area contributed by atoms with Crippen molar-refractivity contribution in [3.05, 3.63) is 207 Å². The van der Waals surface area contributed by atoms with E-state index in [1.165, 1.54) is 44.9 Å². The van der Waals surface area contributed by atoms with Gasteiger partial charge in [0, 0.05) is 25.7 Å². The van der Waals surface area contributed by atoms with Gasteiger partial charge in [0.1, 0.15) is 19.3 Å². The minimum atomic E-state index is -5.03. The normalized spacial score (nSPS) is 14.8. The van der Waals surface area contributed by atoms with Crippen molar-refractivity contribution in [1.29, 1.82) is 0 Å². The molecule has 0 radical (unpaired) electrons. The van der Waals surface area contributed by atoms with Crippen LogP contribution in [0, 0.1) is 0 Å². The molecule has 0 bridgehead atoms. The summed E-state index contributed by atoms with van der Waals surface area (Å²) in [6.45, 7) is 4.38. The molecule has 112 heavy (non-hydrogen) atoms. The van der Waals surface area contributed by atoms with Crippen molar-refractivity contribution in [2.24, 2.45) is 0 Å². The van der Waals surface area contributed by atoms with Crippen molar-refractivity contribution < 1.29 is 80.2 Å². The number of hydrogen-bond donors (Lipinski definition) is 3. The van der Waals surface area contributed by atoms with Gasteiger partial charge in [-0.05, 0) is 173 Å². The first-order chi connectivity index (χ1) is 54.7. The molecule has 0 aromatic heterocycles. The van der Waals surface area contributed by atoms with Gasteiger partial charge in [-0.15, -0.1) is 0 Å². The number of allylic oxidation sites excluding steroid dienone is 34. The molecule has 0 aliphatic rings. The molecule has 2 unspecified atom stereocenters. The molecule has 0 spiro atoms. The number of hydrogen-bond acceptors (Lipinski definition) is 15. The maximum atomic E-state index is 13.1. The maximum absolute atomic E-state index is 13.1. The average molecular weight is 1600 g/mol. The van der Waals surface area contributed by atoms with Gasteiger partial charge in [0.25, 0.3) is 0 Å². The van der Waals surface area contributed by atoms with Crippen molar-refractivity contribution in [3.63, 3.8) is 0 Å². The number of aliphatic hydroxyl groups excluding tert-OH is 1. The van der Waals surface area contributed by atoms with Crippen LogP contribution in [0.25, 0.3) is 0 Å². The summed E-state index contributed by atoms with van der Waals surface area (Å²) in [6.07, 6.45) is 104. The number of aliphatic hydroxyl groups is 1. The zero-order chi connectivity index (χ0) is 81.7. The molecule has 19 heteroatoms. The second-order valence-corrected chi connectivity index (χ2v) is 30.2. The van der Waals surface area contributed by atoms with E-state index in [0.717, 1.165) is 161 Å². The fourth-order valence-electron chi connectivity index (χ4n) is 10.4. The number of unbranched alkanes of at least 4 members (excludes halogenated alkanes) is 17. The van der Waals surface area contributed by atoms with E-state index in [0.29, 0.717) is 38.5 Å². The van der Waals surface area contributed by atoms with Crippen LogP contribution in [-0.4, -0.2) is 96.7 Å². The fraction of sp³-hybridized carbons (Fsp3) is 0.591. The molecule has 0 heterocycles. The number of esters is 4. The Kier molecular flexibility index (Phi) is 77.9. The van der Waals surface area contributed by atoms with Crippen molar-refractivity contribution >= 4 is 39.5 Å². The Bertz CT molecular complexity index is 2940. The number of phosphoric acid groups is 2. The van der Waals surface area contributed by atoms with Crippen molar-refractivity contribution in [1.82, 2.24) is 0 Å². The van der Waals surface area contributed by atoms with Gasteiger partial charge in [-0.3, -0.25) is 37.3 Å². The molecule has 0 aliphatic carbocycles. The molecule has 0 saturated carbocycles. The molecule has 0 aromatic rings. The first kappa shape index (κ1) is 106. The zero-order valence-electron chi connectivity index (χ0n) is 69.3. The summed E-state index contributed by atoms with van der Waals surface area (Å²) in [5.41, 5.74) is 0. The highest BCUT2D eigenvalue weighted by molar-refractivity contribution is 7.47. The van der Waals surface area contributed by atoms with Gasteiger partial charge < -0.3 is 33.8 Å². The van der Waals surface area contributed by atoms with Crippen molar-refractivity contribution in [2.75, 3.05) is 39.6 Å². The SMILES string of the molecule is CC/C=C\C/C=C\C/C=C\C/C=C\C/C=C\C/C=C\CCC(=O)O[C@H](COC(=O)CC/C=C\C/C=C\C/C=C\C/C=C\C/C=C\CCCCC)COP(=O)(O)OC[C@H](O)COP(=O)(O)OC[C@@H](COC(=O)CCCCC/C=C\C/C=C\C/C=C\C/C=C\C/C=C\CC)OC(=O)CCCCCCCCC/C=C\CCCCCC. The third kappa shape index (κ3) is 81.6. The first-order valence-corrected chi connectivity index (χ1v) is 45.3. The smallest absolute Gasteiger partial charge is 0.462 e. The van der Waals surface area contributed by atoms with Crippen LogP contribution in [0.15, 0.2) is 207 Å². The van der Waals surface area contributed by atoms with Gasteiger partial charge in [0.05, 0.1) is 26.4 Å². The van der Waals surface area contributed by atoms with Crippen LogP contribution in [0.2, 0.25) is 0 Å². The summed E-state index contributed by atoms with van der Waals surface area (Å²) >= 11 is 0. The van der Waals surface area contributed by atoms with Crippen LogP contribution < -0.4 is 0 Å². The largest absolute Gasteiger partial charge is 0.472 e. The Morgan fingerprint density at radius 3 is 0.821 bits per heavy atom. The third-order valence-corrected chi connectivity index (χ3v) is 18.6. The first-order valence-electron chi connectivity index (χ1n) is 42.3. The molecule has 17 nitrogen and oxygen atoms in total. The van der Waals surface area contributed by atoms with E-state index in [9.17, 15) is 43.2 Å². The summed E-state index contributed by atoms with van der Waals surface area (Å²) in [6, 6.07) is 0. The molecule has 3 N–H and O–H groups in total. The van der Waals surface area contributed by atoms with Gasteiger partial charge >= 0.3 is 39.5 Å². The molecule has 0 fully saturated rings. The zero-order valence-corrected chi connectivity index (χ0v) is 71.0. The minimum Gasteiger partial charge on any atom is -0.462 e. The van der Waals surface area contributed by atoms with Crippen LogP contribution >= 0.6 is 15.6 Å². The number of carbonyl (C=O) groups is 4. The molecule has 0 amide bonds. The number of carbonyl (C=O) groups excluding carboxylic acids is 4. The summed E-state index contributed by atoms with van der Waals surface area (Å²) in [5, 5.41) is 10.7. The summed E-state index contributed by atoms with van der Waals surface area (Å²) in [4.78, 5) is 73.2. The molecular formula is C93H148O17P2. The Balaban J connectivity index is 5.57. The van der Waals surface area contributed by atoms with E-state index < -0.39 is 97.5 Å². The standard InChI is InChI=1S/C93H148O17P2/c1-5-9-13-17-21-25-29-33-37-40-43-46-50-53-57-61-65-69-73-77-90(95)103-83-88(109-92(97)79-75-71-67-63-59-55-49-36-32-28-24-20-16-12-8-4)85-107-111(99,100)105-81-87(94)82-106-112(101,102)108-86-89(110-93(98)80-76-72-68-64-60-56-52-48-45-42-39-35-31-27-23-19-15-11-7-3)84-104-91(96)78-74-70-66-62-58-54-51-47-44-41-38-34-30-26-22-18-14-10-6-2/h9,11,13,15,21-23,25-28,32-35,37-39,43-48,53-54,56-58,60,66,68,70,72,87-89,94H,5-8,10,12,14,16-20,24,29-31,36,40-42,49-52,55,59,61-65,67,69,71,73-86H2,1-4H3,(H,99,100)(H,101,102)/b13-9-,15-11-,25-21-,26-22-,27-23-,32-28-,37-33-,38-34-,39-35-,46-43-,47-44-,48-45-,57-53-,58-54-,60-56-,70-66-,72-68-/t87-,88-,89-/m1/s1. The Hall–Kier alpha value is -6.36. The Labute approximate surface area is 678 Å². The average Bonchev–Trinajstić information content (AvgIpc) is 0.897. The Morgan fingerprint density at radius 2 is 0.482 bits per heavy atom. The maximum Gasteiger partial charge on any atom is 0.472 e. The minimum absolute atomic E-state index is 0.0132. The van der Waals surface area contributed by atoms with E-state index in [2.05, 4.69) is 198 Å².